The fourth-order valence-corrected chi connectivity index (χ4v) is 6.06. The average Bonchev–Trinajstić information content (AvgIpc) is 3.24. The van der Waals surface area contributed by atoms with Gasteiger partial charge in [0.15, 0.2) is 0 Å². The van der Waals surface area contributed by atoms with Crippen LogP contribution in [0.5, 0.6) is 0 Å². The normalized spacial score (nSPS) is 36.8. The molecule has 4 heterocycles. The van der Waals surface area contributed by atoms with Gasteiger partial charge in [-0.15, -0.1) is 0 Å². The number of hydrogen-bond acceptors (Lipinski definition) is 6. The molecule has 5 aliphatic rings. The summed E-state index contributed by atoms with van der Waals surface area (Å²) in [4.78, 5) is 29.7. The Bertz CT molecular complexity index is 653. The molecule has 168 valence electrons. The van der Waals surface area contributed by atoms with Crippen molar-refractivity contribution in [2.75, 3.05) is 52.5 Å². The number of amides is 2. The highest BCUT2D eigenvalue weighted by Crippen LogP contribution is 2.35. The Labute approximate surface area is 179 Å². The van der Waals surface area contributed by atoms with Gasteiger partial charge in [-0.05, 0) is 51.4 Å². The van der Waals surface area contributed by atoms with Crippen LogP contribution in [0.25, 0.3) is 0 Å². The Hall–Kier alpha value is -1.22. The molecule has 0 spiro atoms. The van der Waals surface area contributed by atoms with Gasteiger partial charge < -0.3 is 14.5 Å². The highest BCUT2D eigenvalue weighted by Gasteiger charge is 2.44. The zero-order valence-electron chi connectivity index (χ0n) is 18.3. The minimum atomic E-state index is -0.344. The van der Waals surface area contributed by atoms with Gasteiger partial charge in [0, 0.05) is 51.2 Å². The standard InChI is InChI=1S/C22H37N5O3/c1-22(14-30-15-22)21(29)26-12-10-25(11-13-26)20(28)17-4-2-16(3-5-17)18-6-7-19-23-8-9-27(19)24-18/h16-19,23-24H,2-15H2,1H3. The van der Waals surface area contributed by atoms with Crippen molar-refractivity contribution in [2.45, 2.75) is 57.7 Å². The van der Waals surface area contributed by atoms with Gasteiger partial charge in [-0.2, -0.15) is 0 Å². The summed E-state index contributed by atoms with van der Waals surface area (Å²) in [7, 11) is 0. The number of piperazine rings is 1. The smallest absolute Gasteiger partial charge is 0.233 e. The van der Waals surface area contributed by atoms with E-state index in [1.54, 1.807) is 0 Å². The van der Waals surface area contributed by atoms with E-state index in [2.05, 4.69) is 15.8 Å². The van der Waals surface area contributed by atoms with Crippen LogP contribution in [0.1, 0.15) is 45.4 Å². The lowest BCUT2D eigenvalue weighted by molar-refractivity contribution is -0.171. The van der Waals surface area contributed by atoms with Gasteiger partial charge in [0.05, 0.1) is 24.8 Å². The summed E-state index contributed by atoms with van der Waals surface area (Å²) in [5.41, 5.74) is 3.41. The van der Waals surface area contributed by atoms with Crippen LogP contribution in [0.4, 0.5) is 0 Å². The Balaban J connectivity index is 1.07. The van der Waals surface area contributed by atoms with E-state index in [0.29, 0.717) is 63.4 Å². The summed E-state index contributed by atoms with van der Waals surface area (Å²) < 4.78 is 5.24. The molecule has 0 aromatic rings. The van der Waals surface area contributed by atoms with E-state index >= 15 is 0 Å². The molecule has 2 atom stereocenters. The number of rotatable bonds is 3. The van der Waals surface area contributed by atoms with E-state index in [1.807, 2.05) is 16.7 Å². The molecular formula is C22H37N5O3. The van der Waals surface area contributed by atoms with Crippen molar-refractivity contribution in [1.29, 1.82) is 0 Å². The molecule has 30 heavy (non-hydrogen) atoms. The molecule has 2 unspecified atom stereocenters. The quantitative estimate of drug-likeness (QED) is 0.690. The molecule has 4 aliphatic heterocycles. The van der Waals surface area contributed by atoms with Crippen molar-refractivity contribution in [3.05, 3.63) is 0 Å². The lowest BCUT2D eigenvalue weighted by atomic mass is 9.76. The summed E-state index contributed by atoms with van der Waals surface area (Å²) in [5.74, 6) is 1.37. The second-order valence-corrected chi connectivity index (χ2v) is 10.3. The predicted molar refractivity (Wildman–Crippen MR) is 112 cm³/mol. The highest BCUT2D eigenvalue weighted by atomic mass is 16.5. The van der Waals surface area contributed by atoms with Crippen LogP contribution in [-0.4, -0.2) is 91.3 Å². The monoisotopic (exact) mass is 419 g/mol. The van der Waals surface area contributed by atoms with Gasteiger partial charge in [0.25, 0.3) is 0 Å². The van der Waals surface area contributed by atoms with Crippen LogP contribution < -0.4 is 10.7 Å². The third kappa shape index (κ3) is 3.87. The summed E-state index contributed by atoms with van der Waals surface area (Å²) in [6.07, 6.45) is 7.30. The SMILES string of the molecule is CC1(C(=O)N2CCN(C(=O)C3CCC(C4CCC5NCCN5N4)CC3)CC2)COC1. The number of hydrogen-bond donors (Lipinski definition) is 2. The highest BCUT2D eigenvalue weighted by molar-refractivity contribution is 5.84. The number of fused-ring (bicyclic) bond motifs is 1. The van der Waals surface area contributed by atoms with Crippen molar-refractivity contribution in [1.82, 2.24) is 25.6 Å². The van der Waals surface area contributed by atoms with Crippen molar-refractivity contribution in [2.24, 2.45) is 17.3 Å². The first-order chi connectivity index (χ1) is 14.5. The third-order valence-electron chi connectivity index (χ3n) is 8.12. The molecule has 4 saturated heterocycles. The number of carbonyl (C=O) groups excluding carboxylic acids is 2. The molecule has 8 heteroatoms. The van der Waals surface area contributed by atoms with E-state index < -0.39 is 0 Å². The van der Waals surface area contributed by atoms with Crippen molar-refractivity contribution < 1.29 is 14.3 Å². The fraction of sp³-hybridized carbons (Fsp3) is 0.909. The van der Waals surface area contributed by atoms with E-state index in [-0.39, 0.29) is 17.2 Å². The zero-order valence-corrected chi connectivity index (χ0v) is 18.3. The summed E-state index contributed by atoms with van der Waals surface area (Å²) in [6, 6.07) is 0.573. The minimum absolute atomic E-state index is 0.172. The van der Waals surface area contributed by atoms with E-state index in [4.69, 9.17) is 4.74 Å². The summed E-state index contributed by atoms with van der Waals surface area (Å²) in [5, 5.41) is 5.94. The number of carbonyl (C=O) groups is 2. The van der Waals surface area contributed by atoms with Crippen LogP contribution in [0.15, 0.2) is 0 Å². The fourth-order valence-electron chi connectivity index (χ4n) is 6.06. The van der Waals surface area contributed by atoms with Crippen molar-refractivity contribution in [3.8, 4) is 0 Å². The topological polar surface area (TPSA) is 77.2 Å². The maximum Gasteiger partial charge on any atom is 0.233 e. The maximum absolute atomic E-state index is 13.1. The molecule has 1 saturated carbocycles. The molecule has 2 amide bonds. The molecule has 5 fully saturated rings. The van der Waals surface area contributed by atoms with Gasteiger partial charge in [-0.25, -0.2) is 5.01 Å². The van der Waals surface area contributed by atoms with Crippen LogP contribution in [-0.2, 0) is 14.3 Å². The summed E-state index contributed by atoms with van der Waals surface area (Å²) in [6.45, 7) is 7.88. The number of hydrazine groups is 1. The van der Waals surface area contributed by atoms with Crippen LogP contribution in [0.3, 0.4) is 0 Å². The first kappa shape index (κ1) is 20.7. The zero-order chi connectivity index (χ0) is 20.7. The Morgan fingerprint density at radius 3 is 2.27 bits per heavy atom. The van der Waals surface area contributed by atoms with E-state index in [1.165, 1.54) is 12.8 Å². The van der Waals surface area contributed by atoms with Gasteiger partial charge in [-0.3, -0.25) is 20.3 Å². The lowest BCUT2D eigenvalue weighted by Crippen LogP contribution is -2.59. The second kappa shape index (κ2) is 8.37. The molecular weight excluding hydrogens is 382 g/mol. The summed E-state index contributed by atoms with van der Waals surface area (Å²) >= 11 is 0. The second-order valence-electron chi connectivity index (χ2n) is 10.3. The average molecular weight is 420 g/mol. The first-order valence-electron chi connectivity index (χ1n) is 12.0. The first-order valence-corrected chi connectivity index (χ1v) is 12.0. The van der Waals surface area contributed by atoms with Gasteiger partial charge in [-0.1, -0.05) is 0 Å². The molecule has 2 N–H and O–H groups in total. The number of nitrogens with one attached hydrogen (secondary N) is 2. The van der Waals surface area contributed by atoms with Crippen LogP contribution >= 0.6 is 0 Å². The molecule has 0 aromatic heterocycles. The number of ether oxygens (including phenoxy) is 1. The molecule has 0 radical (unpaired) electrons. The maximum atomic E-state index is 13.1. The molecule has 5 rings (SSSR count). The van der Waals surface area contributed by atoms with Crippen molar-refractivity contribution >= 4 is 11.8 Å². The van der Waals surface area contributed by atoms with Gasteiger partial charge in [0.1, 0.15) is 0 Å². The molecule has 1 aliphatic carbocycles. The van der Waals surface area contributed by atoms with E-state index in [9.17, 15) is 9.59 Å². The lowest BCUT2D eigenvalue weighted by Gasteiger charge is -2.44. The third-order valence-corrected chi connectivity index (χ3v) is 8.12. The molecule has 0 aromatic carbocycles. The molecule has 8 nitrogen and oxygen atoms in total. The van der Waals surface area contributed by atoms with Crippen LogP contribution in [0.2, 0.25) is 0 Å². The van der Waals surface area contributed by atoms with E-state index in [0.717, 1.165) is 38.8 Å². The van der Waals surface area contributed by atoms with Gasteiger partial charge >= 0.3 is 0 Å². The minimum Gasteiger partial charge on any atom is -0.379 e. The van der Waals surface area contributed by atoms with Crippen molar-refractivity contribution in [3.63, 3.8) is 0 Å². The number of nitrogens with zero attached hydrogens (tertiary/aromatic N) is 3. The Morgan fingerprint density at radius 1 is 0.900 bits per heavy atom. The Kier molecular flexibility index (Phi) is 5.77. The van der Waals surface area contributed by atoms with Gasteiger partial charge in [0.2, 0.25) is 11.8 Å². The molecule has 0 bridgehead atoms. The largest absolute Gasteiger partial charge is 0.379 e. The van der Waals surface area contributed by atoms with Crippen LogP contribution in [0, 0.1) is 17.3 Å². The Morgan fingerprint density at radius 2 is 1.60 bits per heavy atom. The predicted octanol–water partition coefficient (Wildman–Crippen LogP) is 0.398.